The number of furan rings is 1. The number of pyridine rings is 1. The van der Waals surface area contributed by atoms with Gasteiger partial charge in [-0.2, -0.15) is 0 Å². The highest BCUT2D eigenvalue weighted by atomic mass is 32.1. The Balaban J connectivity index is 1.30. The van der Waals surface area contributed by atoms with Gasteiger partial charge in [0.2, 0.25) is 0 Å². The van der Waals surface area contributed by atoms with Crippen LogP contribution < -0.4 is 10.6 Å². The maximum Gasteiger partial charge on any atom is 0.291 e. The third kappa shape index (κ3) is 3.77. The van der Waals surface area contributed by atoms with Crippen LogP contribution in [0, 0.1) is 6.92 Å². The first kappa shape index (κ1) is 19.7. The molecule has 0 bridgehead atoms. The highest BCUT2D eigenvalue weighted by Gasteiger charge is 2.17. The van der Waals surface area contributed by atoms with Crippen LogP contribution >= 0.6 is 11.3 Å². The molecule has 0 atom stereocenters. The van der Waals surface area contributed by atoms with E-state index in [1.807, 2.05) is 41.8 Å². The van der Waals surface area contributed by atoms with E-state index in [0.29, 0.717) is 21.4 Å². The number of anilines is 2. The fraction of sp³-hybridized carbons (Fsp3) is 0.0435. The molecule has 0 aliphatic rings. The lowest BCUT2D eigenvalue weighted by molar-refractivity contribution is 0.0995. The summed E-state index contributed by atoms with van der Waals surface area (Å²) >= 11 is 1.20. The van der Waals surface area contributed by atoms with Gasteiger partial charge in [-0.05, 0) is 55.0 Å². The monoisotopic (exact) mass is 443 g/mol. The summed E-state index contributed by atoms with van der Waals surface area (Å²) in [6.45, 7) is 1.82. The highest BCUT2D eigenvalue weighted by Crippen LogP contribution is 2.28. The standard InChI is InChI=1S/C23H17N5O3S/c1-14-11-20(27-22(29)18-7-4-10-31-18)32-21(14)23(30)26-15-8-9-19(24-12-15)28-13-25-16-5-2-3-6-17(16)28/h2-13H,1H3,(H,26,30)(H,27,29). The number of amides is 2. The molecule has 4 aromatic heterocycles. The molecule has 2 amide bonds. The number of fused-ring (bicyclic) bond motifs is 1. The van der Waals surface area contributed by atoms with E-state index in [9.17, 15) is 9.59 Å². The molecule has 0 unspecified atom stereocenters. The van der Waals surface area contributed by atoms with Crippen LogP contribution in [0.15, 0.2) is 77.8 Å². The van der Waals surface area contributed by atoms with Crippen molar-refractivity contribution in [3.63, 3.8) is 0 Å². The second-order valence-electron chi connectivity index (χ2n) is 7.02. The van der Waals surface area contributed by atoms with Crippen LogP contribution in [0.2, 0.25) is 0 Å². The fourth-order valence-corrected chi connectivity index (χ4v) is 4.25. The molecule has 8 nitrogen and oxygen atoms in total. The highest BCUT2D eigenvalue weighted by molar-refractivity contribution is 7.18. The summed E-state index contributed by atoms with van der Waals surface area (Å²) in [6.07, 6.45) is 4.76. The summed E-state index contributed by atoms with van der Waals surface area (Å²) in [6, 6.07) is 16.4. The Morgan fingerprint density at radius 2 is 1.88 bits per heavy atom. The summed E-state index contributed by atoms with van der Waals surface area (Å²) in [5.74, 6) is 0.273. The molecule has 2 N–H and O–H groups in total. The second-order valence-corrected chi connectivity index (χ2v) is 8.07. The quantitative estimate of drug-likeness (QED) is 0.403. The lowest BCUT2D eigenvalue weighted by Crippen LogP contribution is -2.12. The van der Waals surface area contributed by atoms with Crippen molar-refractivity contribution >= 4 is 44.9 Å². The van der Waals surface area contributed by atoms with Crippen molar-refractivity contribution in [1.29, 1.82) is 0 Å². The van der Waals surface area contributed by atoms with Gasteiger partial charge >= 0.3 is 0 Å². The van der Waals surface area contributed by atoms with Gasteiger partial charge in [0.25, 0.3) is 11.8 Å². The van der Waals surface area contributed by atoms with E-state index >= 15 is 0 Å². The van der Waals surface area contributed by atoms with E-state index in [1.54, 1.807) is 36.8 Å². The van der Waals surface area contributed by atoms with Gasteiger partial charge in [-0.25, -0.2) is 9.97 Å². The number of rotatable bonds is 5. The minimum absolute atomic E-state index is 0.207. The van der Waals surface area contributed by atoms with Gasteiger partial charge in [-0.15, -0.1) is 11.3 Å². The number of aromatic nitrogens is 3. The van der Waals surface area contributed by atoms with E-state index < -0.39 is 0 Å². The average Bonchev–Trinajstić information content (AvgIpc) is 3.54. The molecule has 5 aromatic rings. The van der Waals surface area contributed by atoms with Crippen molar-refractivity contribution in [2.24, 2.45) is 0 Å². The largest absolute Gasteiger partial charge is 0.459 e. The molecule has 9 heteroatoms. The first-order chi connectivity index (χ1) is 15.6. The van der Waals surface area contributed by atoms with Crippen LogP contribution in [0.1, 0.15) is 25.8 Å². The van der Waals surface area contributed by atoms with Crippen molar-refractivity contribution in [2.45, 2.75) is 6.92 Å². The predicted octanol–water partition coefficient (Wildman–Crippen LogP) is 4.89. The fourth-order valence-electron chi connectivity index (χ4n) is 3.28. The van der Waals surface area contributed by atoms with Gasteiger partial charge < -0.3 is 15.1 Å². The molecule has 0 saturated heterocycles. The summed E-state index contributed by atoms with van der Waals surface area (Å²) in [7, 11) is 0. The summed E-state index contributed by atoms with van der Waals surface area (Å²) in [5, 5.41) is 6.17. The van der Waals surface area contributed by atoms with Crippen LogP contribution in [-0.4, -0.2) is 26.3 Å². The number of aryl methyl sites for hydroxylation is 1. The lowest BCUT2D eigenvalue weighted by atomic mass is 10.2. The smallest absolute Gasteiger partial charge is 0.291 e. The third-order valence-corrected chi connectivity index (χ3v) is 5.96. The van der Waals surface area contributed by atoms with Gasteiger partial charge in [-0.1, -0.05) is 12.1 Å². The summed E-state index contributed by atoms with van der Waals surface area (Å²) < 4.78 is 6.98. The Kier molecular flexibility index (Phi) is 5.00. The van der Waals surface area contributed by atoms with E-state index in [2.05, 4.69) is 20.6 Å². The maximum absolute atomic E-state index is 12.8. The minimum atomic E-state index is -0.366. The molecule has 0 radical (unpaired) electrons. The first-order valence-electron chi connectivity index (χ1n) is 9.73. The van der Waals surface area contributed by atoms with Crippen LogP contribution in [0.25, 0.3) is 16.9 Å². The van der Waals surface area contributed by atoms with E-state index in [1.165, 1.54) is 17.6 Å². The normalized spacial score (nSPS) is 10.9. The number of hydrogen-bond acceptors (Lipinski definition) is 6. The molecular formula is C23H17N5O3S. The molecule has 1 aromatic carbocycles. The van der Waals surface area contributed by atoms with Crippen LogP contribution in [-0.2, 0) is 0 Å². The summed E-state index contributed by atoms with van der Waals surface area (Å²) in [5.41, 5.74) is 3.17. The van der Waals surface area contributed by atoms with Crippen molar-refractivity contribution in [2.75, 3.05) is 10.6 Å². The molecule has 5 rings (SSSR count). The zero-order valence-corrected chi connectivity index (χ0v) is 17.7. The minimum Gasteiger partial charge on any atom is -0.459 e. The van der Waals surface area contributed by atoms with Crippen LogP contribution in [0.5, 0.6) is 0 Å². The lowest BCUT2D eigenvalue weighted by Gasteiger charge is -2.07. The maximum atomic E-state index is 12.8. The van der Waals surface area contributed by atoms with Crippen molar-refractivity contribution in [1.82, 2.24) is 14.5 Å². The van der Waals surface area contributed by atoms with E-state index in [4.69, 9.17) is 4.42 Å². The van der Waals surface area contributed by atoms with Crippen molar-refractivity contribution in [3.05, 3.63) is 89.6 Å². The number of carbonyl (C=O) groups excluding carboxylic acids is 2. The number of benzene rings is 1. The van der Waals surface area contributed by atoms with Crippen LogP contribution in [0.3, 0.4) is 0 Å². The Bertz CT molecular complexity index is 1420. The topological polar surface area (TPSA) is 102 Å². The Morgan fingerprint density at radius 3 is 2.66 bits per heavy atom. The summed E-state index contributed by atoms with van der Waals surface area (Å²) in [4.78, 5) is 34.3. The zero-order chi connectivity index (χ0) is 22.1. The molecule has 0 spiro atoms. The SMILES string of the molecule is Cc1cc(NC(=O)c2ccco2)sc1C(=O)Nc1ccc(-n2cnc3ccccc32)nc1. The molecule has 0 fully saturated rings. The average molecular weight is 443 g/mol. The van der Waals surface area contributed by atoms with Crippen molar-refractivity contribution in [3.8, 4) is 5.82 Å². The zero-order valence-electron chi connectivity index (χ0n) is 16.9. The van der Waals surface area contributed by atoms with E-state index in [-0.39, 0.29) is 17.6 Å². The number of hydrogen-bond donors (Lipinski definition) is 2. The number of nitrogens with zero attached hydrogens (tertiary/aromatic N) is 3. The van der Waals surface area contributed by atoms with Crippen molar-refractivity contribution < 1.29 is 14.0 Å². The van der Waals surface area contributed by atoms with Gasteiger partial charge in [0.15, 0.2) is 5.76 Å². The number of thiophene rings is 1. The number of para-hydroxylation sites is 2. The van der Waals surface area contributed by atoms with Gasteiger partial charge in [0.1, 0.15) is 12.1 Å². The molecule has 32 heavy (non-hydrogen) atoms. The Morgan fingerprint density at radius 1 is 1.00 bits per heavy atom. The number of imidazole rings is 1. The second kappa shape index (κ2) is 8.12. The molecule has 0 aliphatic heterocycles. The molecular weight excluding hydrogens is 426 g/mol. The molecule has 0 saturated carbocycles. The molecule has 4 heterocycles. The number of nitrogens with one attached hydrogen (secondary N) is 2. The van der Waals surface area contributed by atoms with Gasteiger partial charge in [-0.3, -0.25) is 14.2 Å². The Labute approximate surface area is 186 Å². The predicted molar refractivity (Wildman–Crippen MR) is 123 cm³/mol. The Hall–Kier alpha value is -4.24. The third-order valence-electron chi connectivity index (χ3n) is 4.81. The first-order valence-corrected chi connectivity index (χ1v) is 10.6. The van der Waals surface area contributed by atoms with E-state index in [0.717, 1.165) is 16.6 Å². The van der Waals surface area contributed by atoms with Gasteiger partial charge in [0.05, 0.1) is 39.1 Å². The van der Waals surface area contributed by atoms with Crippen LogP contribution in [0.4, 0.5) is 10.7 Å². The molecule has 158 valence electrons. The van der Waals surface area contributed by atoms with Gasteiger partial charge in [0, 0.05) is 0 Å². The molecule has 0 aliphatic carbocycles. The number of carbonyl (C=O) groups is 2.